The molecular weight excluding hydrogens is 284 g/mol. The fourth-order valence-electron chi connectivity index (χ4n) is 2.40. The molecule has 0 bridgehead atoms. The third-order valence-corrected chi connectivity index (χ3v) is 3.83. The number of carbonyl (C=O) groups is 1. The average molecular weight is 300 g/mol. The lowest BCUT2D eigenvalue weighted by atomic mass is 10.0. The zero-order valence-electron chi connectivity index (χ0n) is 11.5. The van der Waals surface area contributed by atoms with Gasteiger partial charge < -0.3 is 0 Å². The van der Waals surface area contributed by atoms with Crippen LogP contribution in [0.25, 0.3) is 0 Å². The summed E-state index contributed by atoms with van der Waals surface area (Å²) in [5.41, 5.74) is 3.10. The summed E-state index contributed by atoms with van der Waals surface area (Å²) in [5.74, 6) is 1.05. The summed E-state index contributed by atoms with van der Waals surface area (Å²) < 4.78 is 0. The van der Waals surface area contributed by atoms with Crippen LogP contribution >= 0.6 is 11.6 Å². The van der Waals surface area contributed by atoms with E-state index >= 15 is 0 Å². The van der Waals surface area contributed by atoms with Crippen LogP contribution in [0.4, 0.5) is 5.69 Å². The first-order valence-corrected chi connectivity index (χ1v) is 7.33. The number of nitrogens with one attached hydrogen (secondary N) is 2. The maximum atomic E-state index is 12.1. The molecule has 3 nitrogen and oxygen atoms in total. The Hall–Kier alpha value is -2.13. The number of amidine groups is 1. The number of anilines is 1. The fourth-order valence-corrected chi connectivity index (χ4v) is 2.53. The van der Waals surface area contributed by atoms with E-state index in [4.69, 9.17) is 11.6 Å². The van der Waals surface area contributed by atoms with Gasteiger partial charge in [-0.1, -0.05) is 29.8 Å². The molecule has 21 heavy (non-hydrogen) atoms. The lowest BCUT2D eigenvalue weighted by molar-refractivity contribution is -0.442. The van der Waals surface area contributed by atoms with Gasteiger partial charge in [-0.3, -0.25) is 9.79 Å². The van der Waals surface area contributed by atoms with E-state index < -0.39 is 0 Å². The molecule has 0 radical (unpaired) electrons. The SMILES string of the molecule is O=C(C[NH+]=C1CCc2ccccc2N1)c1ccc(Cl)cc1. The number of para-hydroxylation sites is 1. The molecule has 3 rings (SSSR count). The van der Waals surface area contributed by atoms with Gasteiger partial charge in [-0.15, -0.1) is 0 Å². The number of ketones is 1. The molecule has 0 fully saturated rings. The molecule has 0 saturated heterocycles. The van der Waals surface area contributed by atoms with Gasteiger partial charge in [0.2, 0.25) is 11.6 Å². The van der Waals surface area contributed by atoms with Crippen LogP contribution in [0.3, 0.4) is 0 Å². The van der Waals surface area contributed by atoms with Crippen molar-refractivity contribution in [1.82, 2.24) is 0 Å². The summed E-state index contributed by atoms with van der Waals surface area (Å²) in [5, 5.41) is 3.98. The van der Waals surface area contributed by atoms with Crippen LogP contribution in [-0.4, -0.2) is 18.2 Å². The fraction of sp³-hybridized carbons (Fsp3) is 0.176. The molecule has 0 atom stereocenters. The first-order chi connectivity index (χ1) is 10.2. The largest absolute Gasteiger partial charge is 0.290 e. The summed E-state index contributed by atoms with van der Waals surface area (Å²) in [4.78, 5) is 15.3. The number of fused-ring (bicyclic) bond motifs is 1. The van der Waals surface area contributed by atoms with Crippen molar-refractivity contribution in [3.8, 4) is 0 Å². The number of hydrogen-bond acceptors (Lipinski definition) is 1. The first-order valence-electron chi connectivity index (χ1n) is 6.96. The molecule has 1 aliphatic heterocycles. The van der Waals surface area contributed by atoms with E-state index in [-0.39, 0.29) is 12.3 Å². The van der Waals surface area contributed by atoms with Gasteiger partial charge in [0.15, 0.2) is 0 Å². The van der Waals surface area contributed by atoms with Crippen molar-refractivity contribution in [3.63, 3.8) is 0 Å². The average Bonchev–Trinajstić information content (AvgIpc) is 2.53. The van der Waals surface area contributed by atoms with E-state index in [1.807, 2.05) is 12.1 Å². The second-order valence-corrected chi connectivity index (χ2v) is 5.48. The summed E-state index contributed by atoms with van der Waals surface area (Å²) in [6, 6.07) is 15.2. The molecule has 0 saturated carbocycles. The molecular formula is C17H16ClN2O+. The molecule has 2 aromatic carbocycles. The van der Waals surface area contributed by atoms with Crippen LogP contribution in [-0.2, 0) is 6.42 Å². The molecule has 0 unspecified atom stereocenters. The van der Waals surface area contributed by atoms with Crippen LogP contribution in [0, 0.1) is 0 Å². The highest BCUT2D eigenvalue weighted by Crippen LogP contribution is 2.20. The Morgan fingerprint density at radius 1 is 1.10 bits per heavy atom. The van der Waals surface area contributed by atoms with Crippen molar-refractivity contribution in [2.75, 3.05) is 11.9 Å². The van der Waals surface area contributed by atoms with Gasteiger partial charge in [0.05, 0.1) is 6.42 Å². The van der Waals surface area contributed by atoms with Gasteiger partial charge >= 0.3 is 0 Å². The molecule has 0 spiro atoms. The van der Waals surface area contributed by atoms with Gasteiger partial charge in [0.25, 0.3) is 0 Å². The minimum absolute atomic E-state index is 0.0554. The lowest BCUT2D eigenvalue weighted by Crippen LogP contribution is -2.77. The molecule has 106 valence electrons. The van der Waals surface area contributed by atoms with Crippen molar-refractivity contribution >= 4 is 28.9 Å². The van der Waals surface area contributed by atoms with Crippen molar-refractivity contribution < 1.29 is 9.79 Å². The maximum absolute atomic E-state index is 12.1. The van der Waals surface area contributed by atoms with E-state index in [0.29, 0.717) is 10.6 Å². The zero-order valence-corrected chi connectivity index (χ0v) is 12.3. The molecule has 1 aliphatic rings. The standard InChI is InChI=1S/C17H15ClN2O/c18-14-8-5-13(6-9-14)16(21)11-19-17-10-7-12-3-1-2-4-15(12)20-17/h1-6,8-9H,7,10-11H2,(H,19,20)/p+1. The summed E-state index contributed by atoms with van der Waals surface area (Å²) in [6.45, 7) is 0.284. The number of Topliss-reactive ketones (excluding diaryl/α,β-unsaturated/α-hetero) is 1. The molecule has 0 aliphatic carbocycles. The Labute approximate surface area is 128 Å². The van der Waals surface area contributed by atoms with Crippen molar-refractivity contribution in [2.45, 2.75) is 12.8 Å². The van der Waals surface area contributed by atoms with Crippen LogP contribution in [0.15, 0.2) is 48.5 Å². The van der Waals surface area contributed by atoms with E-state index in [1.165, 1.54) is 5.56 Å². The molecule has 4 heteroatoms. The summed E-state index contributed by atoms with van der Waals surface area (Å²) in [6.07, 6.45) is 1.88. The van der Waals surface area contributed by atoms with Gasteiger partial charge in [0.1, 0.15) is 12.2 Å². The highest BCUT2D eigenvalue weighted by molar-refractivity contribution is 6.30. The summed E-state index contributed by atoms with van der Waals surface area (Å²) >= 11 is 5.82. The molecule has 2 aromatic rings. The van der Waals surface area contributed by atoms with E-state index in [0.717, 1.165) is 24.4 Å². The lowest BCUT2D eigenvalue weighted by Gasteiger charge is -2.13. The minimum Gasteiger partial charge on any atom is -0.290 e. The van der Waals surface area contributed by atoms with E-state index in [9.17, 15) is 4.79 Å². The van der Waals surface area contributed by atoms with E-state index in [1.54, 1.807) is 24.3 Å². The number of benzene rings is 2. The normalized spacial score (nSPS) is 15.4. The van der Waals surface area contributed by atoms with Crippen LogP contribution in [0.1, 0.15) is 22.3 Å². The maximum Gasteiger partial charge on any atom is 0.248 e. The number of rotatable bonds is 3. The molecule has 0 amide bonds. The minimum atomic E-state index is 0.0554. The zero-order chi connectivity index (χ0) is 14.7. The smallest absolute Gasteiger partial charge is 0.248 e. The van der Waals surface area contributed by atoms with E-state index in [2.05, 4.69) is 22.4 Å². The van der Waals surface area contributed by atoms with Crippen molar-refractivity contribution in [3.05, 3.63) is 64.7 Å². The number of aryl methyl sites for hydroxylation is 1. The number of hydrogen-bond donors (Lipinski definition) is 2. The van der Waals surface area contributed by atoms with Crippen molar-refractivity contribution in [1.29, 1.82) is 0 Å². The van der Waals surface area contributed by atoms with Gasteiger partial charge in [-0.05, 0) is 42.3 Å². The van der Waals surface area contributed by atoms with Crippen molar-refractivity contribution in [2.24, 2.45) is 0 Å². The van der Waals surface area contributed by atoms with Crippen LogP contribution < -0.4 is 10.3 Å². The summed E-state index contributed by atoms with van der Waals surface area (Å²) in [7, 11) is 0. The van der Waals surface area contributed by atoms with Gasteiger partial charge in [0, 0.05) is 10.6 Å². The molecule has 1 heterocycles. The Kier molecular flexibility index (Phi) is 4.02. The predicted octanol–water partition coefficient (Wildman–Crippen LogP) is 2.06. The molecule has 2 N–H and O–H groups in total. The monoisotopic (exact) mass is 299 g/mol. The first kappa shape index (κ1) is 13.8. The van der Waals surface area contributed by atoms with Crippen LogP contribution in [0.2, 0.25) is 5.02 Å². The predicted molar refractivity (Wildman–Crippen MR) is 85.0 cm³/mol. The Bertz CT molecular complexity index is 692. The second kappa shape index (κ2) is 6.10. The highest BCUT2D eigenvalue weighted by atomic mass is 35.5. The second-order valence-electron chi connectivity index (χ2n) is 5.04. The van der Waals surface area contributed by atoms with Gasteiger partial charge in [-0.2, -0.15) is 0 Å². The number of carbonyl (C=O) groups excluding carboxylic acids is 1. The van der Waals surface area contributed by atoms with Crippen LogP contribution in [0.5, 0.6) is 0 Å². The highest BCUT2D eigenvalue weighted by Gasteiger charge is 2.18. The number of halogens is 1. The Balaban J connectivity index is 1.67. The Morgan fingerprint density at radius 2 is 1.86 bits per heavy atom. The Morgan fingerprint density at radius 3 is 2.67 bits per heavy atom. The molecule has 0 aromatic heterocycles. The quantitative estimate of drug-likeness (QED) is 0.852. The van der Waals surface area contributed by atoms with Gasteiger partial charge in [-0.25, -0.2) is 5.32 Å². The third kappa shape index (κ3) is 3.31. The third-order valence-electron chi connectivity index (χ3n) is 3.58. The topological polar surface area (TPSA) is 43.1 Å².